The van der Waals surface area contributed by atoms with E-state index in [-0.39, 0.29) is 12.0 Å². The van der Waals surface area contributed by atoms with Gasteiger partial charge in [0.2, 0.25) is 0 Å². The largest absolute Gasteiger partial charge is 0.397 e. The molecule has 1 fully saturated rings. The Balaban J connectivity index is 1.90. The molecule has 2 aromatic heterocycles. The van der Waals surface area contributed by atoms with E-state index in [2.05, 4.69) is 11.9 Å². The second-order valence-electron chi connectivity index (χ2n) is 4.87. The molecule has 1 atom stereocenters. The van der Waals surface area contributed by atoms with Gasteiger partial charge in [0.25, 0.3) is 5.91 Å². The van der Waals surface area contributed by atoms with Crippen molar-refractivity contribution in [2.45, 2.75) is 19.4 Å². The van der Waals surface area contributed by atoms with Gasteiger partial charge in [-0.05, 0) is 12.5 Å². The zero-order chi connectivity index (χ0) is 14.1. The molecule has 0 bridgehead atoms. The maximum atomic E-state index is 12.6. The van der Waals surface area contributed by atoms with Crippen LogP contribution in [-0.4, -0.2) is 41.6 Å². The minimum Gasteiger partial charge on any atom is -0.397 e. The number of hydrogen-bond acceptors (Lipinski definition) is 5. The van der Waals surface area contributed by atoms with Crippen molar-refractivity contribution >= 4 is 33.0 Å². The Morgan fingerprint density at radius 3 is 3.25 bits per heavy atom. The van der Waals surface area contributed by atoms with Gasteiger partial charge < -0.3 is 15.4 Å². The predicted molar refractivity (Wildman–Crippen MR) is 80.0 cm³/mol. The minimum absolute atomic E-state index is 0.00505. The van der Waals surface area contributed by atoms with Crippen LogP contribution in [0.15, 0.2) is 18.5 Å². The molecule has 20 heavy (non-hydrogen) atoms. The van der Waals surface area contributed by atoms with Crippen LogP contribution < -0.4 is 5.73 Å². The van der Waals surface area contributed by atoms with E-state index in [1.807, 2.05) is 11.0 Å². The van der Waals surface area contributed by atoms with Crippen LogP contribution in [-0.2, 0) is 4.74 Å². The molecule has 2 N–H and O–H groups in total. The molecule has 1 aliphatic heterocycles. The summed E-state index contributed by atoms with van der Waals surface area (Å²) in [6, 6.07) is 1.85. The lowest BCUT2D eigenvalue weighted by Crippen LogP contribution is -2.45. The molecule has 1 unspecified atom stereocenters. The van der Waals surface area contributed by atoms with Crippen LogP contribution in [0.1, 0.15) is 23.0 Å². The van der Waals surface area contributed by atoms with Crippen molar-refractivity contribution in [2.75, 3.05) is 25.4 Å². The van der Waals surface area contributed by atoms with Gasteiger partial charge in [0.05, 0.1) is 23.1 Å². The third-order valence-electron chi connectivity index (χ3n) is 3.61. The number of ether oxygens (including phenoxy) is 1. The SMILES string of the molecule is CCC1CN(C(=O)c2sc3cnccc3c2N)CCO1. The number of nitrogen functional groups attached to an aromatic ring is 1. The Labute approximate surface area is 121 Å². The van der Waals surface area contributed by atoms with E-state index in [1.165, 1.54) is 11.3 Å². The highest BCUT2D eigenvalue weighted by molar-refractivity contribution is 7.21. The highest BCUT2D eigenvalue weighted by Crippen LogP contribution is 2.34. The van der Waals surface area contributed by atoms with E-state index in [0.717, 1.165) is 16.5 Å². The van der Waals surface area contributed by atoms with E-state index >= 15 is 0 Å². The number of thiophene rings is 1. The first-order valence-electron chi connectivity index (χ1n) is 6.73. The number of morpholine rings is 1. The Hall–Kier alpha value is -1.66. The summed E-state index contributed by atoms with van der Waals surface area (Å²) in [7, 11) is 0. The number of amides is 1. The number of carbonyl (C=O) groups excluding carboxylic acids is 1. The number of nitrogens with two attached hydrogens (primary N) is 1. The molecule has 3 rings (SSSR count). The number of hydrogen-bond donors (Lipinski definition) is 1. The van der Waals surface area contributed by atoms with Crippen LogP contribution in [0.5, 0.6) is 0 Å². The predicted octanol–water partition coefficient (Wildman–Crippen LogP) is 2.13. The molecule has 2 aromatic rings. The normalized spacial score (nSPS) is 19.4. The quantitative estimate of drug-likeness (QED) is 0.920. The molecule has 0 radical (unpaired) electrons. The van der Waals surface area contributed by atoms with Gasteiger partial charge in [0.1, 0.15) is 4.88 Å². The van der Waals surface area contributed by atoms with Crippen molar-refractivity contribution in [3.8, 4) is 0 Å². The fourth-order valence-corrected chi connectivity index (χ4v) is 3.48. The average Bonchev–Trinajstić information content (AvgIpc) is 2.84. The highest BCUT2D eigenvalue weighted by atomic mass is 32.1. The lowest BCUT2D eigenvalue weighted by atomic mass is 10.2. The van der Waals surface area contributed by atoms with Gasteiger partial charge in [-0.2, -0.15) is 0 Å². The lowest BCUT2D eigenvalue weighted by molar-refractivity contribution is -0.0224. The van der Waals surface area contributed by atoms with E-state index in [1.54, 1.807) is 12.4 Å². The molecular formula is C14H17N3O2S. The zero-order valence-electron chi connectivity index (χ0n) is 11.3. The lowest BCUT2D eigenvalue weighted by Gasteiger charge is -2.32. The standard InChI is InChI=1S/C14H17N3O2S/c1-2-9-8-17(5-6-19-9)14(18)13-12(15)10-3-4-16-7-11(10)20-13/h3-4,7,9H,2,5-6,8,15H2,1H3. The topological polar surface area (TPSA) is 68.5 Å². The van der Waals surface area contributed by atoms with Crippen molar-refractivity contribution < 1.29 is 9.53 Å². The first-order valence-corrected chi connectivity index (χ1v) is 7.55. The molecule has 3 heterocycles. The Morgan fingerprint density at radius 1 is 1.65 bits per heavy atom. The number of carbonyl (C=O) groups is 1. The van der Waals surface area contributed by atoms with Gasteiger partial charge in [0.15, 0.2) is 0 Å². The molecule has 1 aliphatic rings. The smallest absolute Gasteiger partial charge is 0.266 e. The van der Waals surface area contributed by atoms with E-state index in [4.69, 9.17) is 10.5 Å². The number of rotatable bonds is 2. The fraction of sp³-hybridized carbons (Fsp3) is 0.429. The number of aromatic nitrogens is 1. The van der Waals surface area contributed by atoms with Gasteiger partial charge in [0, 0.05) is 30.9 Å². The first kappa shape index (κ1) is 13.3. The zero-order valence-corrected chi connectivity index (χ0v) is 12.2. The Morgan fingerprint density at radius 2 is 2.50 bits per heavy atom. The van der Waals surface area contributed by atoms with Crippen LogP contribution in [0.2, 0.25) is 0 Å². The van der Waals surface area contributed by atoms with Gasteiger partial charge in [-0.3, -0.25) is 9.78 Å². The van der Waals surface area contributed by atoms with Gasteiger partial charge >= 0.3 is 0 Å². The molecule has 1 saturated heterocycles. The molecule has 1 amide bonds. The van der Waals surface area contributed by atoms with Crippen LogP contribution in [0, 0.1) is 0 Å². The number of pyridine rings is 1. The average molecular weight is 291 g/mol. The maximum Gasteiger partial charge on any atom is 0.266 e. The fourth-order valence-electron chi connectivity index (χ4n) is 2.42. The van der Waals surface area contributed by atoms with Crippen LogP contribution in [0.4, 0.5) is 5.69 Å². The molecular weight excluding hydrogens is 274 g/mol. The summed E-state index contributed by atoms with van der Waals surface area (Å²) in [5.74, 6) is 0.00505. The van der Waals surface area contributed by atoms with Gasteiger partial charge in [-0.25, -0.2) is 0 Å². The number of fused-ring (bicyclic) bond motifs is 1. The first-order chi connectivity index (χ1) is 9.70. The Kier molecular flexibility index (Phi) is 3.58. The molecule has 0 saturated carbocycles. The summed E-state index contributed by atoms with van der Waals surface area (Å²) in [4.78, 5) is 19.2. The molecule has 0 spiro atoms. The second-order valence-corrected chi connectivity index (χ2v) is 5.92. The monoisotopic (exact) mass is 291 g/mol. The van der Waals surface area contributed by atoms with Crippen molar-refractivity contribution in [1.82, 2.24) is 9.88 Å². The molecule has 0 aromatic carbocycles. The maximum absolute atomic E-state index is 12.6. The van der Waals surface area contributed by atoms with Crippen molar-refractivity contribution in [3.63, 3.8) is 0 Å². The van der Waals surface area contributed by atoms with E-state index in [9.17, 15) is 4.79 Å². The Bertz CT molecular complexity index is 640. The number of nitrogens with zero attached hydrogens (tertiary/aromatic N) is 2. The van der Waals surface area contributed by atoms with Crippen molar-refractivity contribution in [2.24, 2.45) is 0 Å². The van der Waals surface area contributed by atoms with E-state index < -0.39 is 0 Å². The van der Waals surface area contributed by atoms with Crippen molar-refractivity contribution in [3.05, 3.63) is 23.3 Å². The van der Waals surface area contributed by atoms with Gasteiger partial charge in [-0.1, -0.05) is 6.92 Å². The van der Waals surface area contributed by atoms with Crippen LogP contribution >= 0.6 is 11.3 Å². The van der Waals surface area contributed by atoms with Crippen LogP contribution in [0.3, 0.4) is 0 Å². The molecule has 6 heteroatoms. The minimum atomic E-state index is 0.00505. The van der Waals surface area contributed by atoms with E-state index in [0.29, 0.717) is 30.3 Å². The van der Waals surface area contributed by atoms with Crippen molar-refractivity contribution in [1.29, 1.82) is 0 Å². The summed E-state index contributed by atoms with van der Waals surface area (Å²) < 4.78 is 6.55. The summed E-state index contributed by atoms with van der Waals surface area (Å²) in [6.07, 6.45) is 4.49. The summed E-state index contributed by atoms with van der Waals surface area (Å²) in [5, 5.41) is 0.911. The van der Waals surface area contributed by atoms with Gasteiger partial charge in [-0.15, -0.1) is 11.3 Å². The highest BCUT2D eigenvalue weighted by Gasteiger charge is 2.27. The third kappa shape index (κ3) is 2.25. The molecule has 106 valence electrons. The number of anilines is 1. The summed E-state index contributed by atoms with van der Waals surface area (Å²) in [6.45, 7) is 3.93. The molecule has 0 aliphatic carbocycles. The summed E-state index contributed by atoms with van der Waals surface area (Å²) in [5.41, 5.74) is 6.68. The molecule has 5 nitrogen and oxygen atoms in total. The van der Waals surface area contributed by atoms with Crippen LogP contribution in [0.25, 0.3) is 10.1 Å². The summed E-state index contributed by atoms with van der Waals surface area (Å²) >= 11 is 1.41. The second kappa shape index (κ2) is 5.38. The third-order valence-corrected chi connectivity index (χ3v) is 4.75.